The van der Waals surface area contributed by atoms with Crippen LogP contribution in [0.4, 0.5) is 47.3 Å². The molecule has 15 heteroatoms. The summed E-state index contributed by atoms with van der Waals surface area (Å²) in [5.74, 6) is 3.53. The van der Waals surface area contributed by atoms with E-state index in [-0.39, 0.29) is 17.5 Å². The third-order valence-corrected chi connectivity index (χ3v) is 11.4. The Labute approximate surface area is 437 Å². The highest BCUT2D eigenvalue weighted by Crippen LogP contribution is 2.30. The summed E-state index contributed by atoms with van der Waals surface area (Å²) in [6.45, 7) is 3.54. The maximum atomic E-state index is 13.1. The molecule has 0 saturated heterocycles. The van der Waals surface area contributed by atoms with Crippen LogP contribution in [0.5, 0.6) is 34.5 Å². The number of rotatable bonds is 33. The van der Waals surface area contributed by atoms with Crippen molar-refractivity contribution in [1.82, 2.24) is 0 Å². The van der Waals surface area contributed by atoms with Gasteiger partial charge in [0.1, 0.15) is 51.9 Å². The van der Waals surface area contributed by atoms with Crippen LogP contribution in [0.1, 0.15) is 77.0 Å². The van der Waals surface area contributed by atoms with Gasteiger partial charge >= 0.3 is 0 Å². The molecule has 7 rings (SSSR count). The van der Waals surface area contributed by atoms with Crippen molar-refractivity contribution in [2.45, 2.75) is 77.0 Å². The lowest BCUT2D eigenvalue weighted by Gasteiger charge is -2.14. The predicted molar refractivity (Wildman–Crippen MR) is 286 cm³/mol. The molecule has 0 aromatic heterocycles. The second-order valence-corrected chi connectivity index (χ2v) is 17.5. The maximum Gasteiger partial charge on any atom is 0.126 e. The lowest BCUT2D eigenvalue weighted by molar-refractivity contribution is 0.269. The van der Waals surface area contributed by atoms with Gasteiger partial charge in [0.05, 0.1) is 73.8 Å². The van der Waals surface area contributed by atoms with Gasteiger partial charge in [0, 0.05) is 18.2 Å². The Morgan fingerprint density at radius 3 is 0.587 bits per heavy atom. The predicted octanol–water partition coefficient (Wildman–Crippen LogP) is 18.4. The van der Waals surface area contributed by atoms with Crippen molar-refractivity contribution in [3.63, 3.8) is 0 Å². The number of nitrogens with zero attached hydrogens (tertiary/aromatic N) is 6. The molecule has 0 spiro atoms. The monoisotopic (exact) mass is 1020 g/mol. The standard InChI is InChI=1S/C60H63F3N6O6/c61-46-13-19-49(20-14-46)64-67-52-25-31-55(32-26-52)70-37-7-1-4-10-40-73-58-43-59(74-41-11-5-2-8-38-71-56-33-27-53(28-34-56)68-65-50-21-15-47(62)16-22-50)45-60(44-58)75-42-12-6-3-9-39-72-57-35-29-54(30-36-57)69-66-51-23-17-48(63)18-24-51/h13-36,43-45H,1-12,37-42H2. The zero-order valence-electron chi connectivity index (χ0n) is 42.1. The SMILES string of the molecule is Fc1ccc(N=Nc2ccc(OCCCCCCOc3cc(OCCCCCCOc4ccc(N=Nc5ccc(F)cc5)cc4)cc(OCCCCCCOc4ccc(N=Nc5ccc(F)cc5)cc4)c3)cc2)cc1. The first-order valence-corrected chi connectivity index (χ1v) is 25.6. The number of hydrogen-bond donors (Lipinski definition) is 0. The number of azo groups is 3. The summed E-state index contributed by atoms with van der Waals surface area (Å²) in [7, 11) is 0. The number of hydrogen-bond acceptors (Lipinski definition) is 12. The Morgan fingerprint density at radius 2 is 0.387 bits per heavy atom. The molecule has 0 heterocycles. The van der Waals surface area contributed by atoms with Crippen molar-refractivity contribution in [1.29, 1.82) is 0 Å². The van der Waals surface area contributed by atoms with E-state index in [0.29, 0.717) is 91.0 Å². The highest BCUT2D eigenvalue weighted by molar-refractivity contribution is 5.46. The lowest BCUT2D eigenvalue weighted by atomic mass is 10.2. The summed E-state index contributed by atoms with van der Waals surface area (Å²) < 4.78 is 75.9. The van der Waals surface area contributed by atoms with Crippen LogP contribution >= 0.6 is 0 Å². The summed E-state index contributed by atoms with van der Waals surface area (Å²) in [6, 6.07) is 45.7. The molecule has 7 aromatic rings. The molecule has 0 N–H and O–H groups in total. The maximum absolute atomic E-state index is 13.1. The normalized spacial score (nSPS) is 11.4. The van der Waals surface area contributed by atoms with E-state index in [1.165, 1.54) is 36.4 Å². The molecular weight excluding hydrogens is 958 g/mol. The number of unbranched alkanes of at least 4 members (excludes halogenated alkanes) is 9. The van der Waals surface area contributed by atoms with E-state index >= 15 is 0 Å². The summed E-state index contributed by atoms with van der Waals surface area (Å²) in [5, 5.41) is 25.1. The van der Waals surface area contributed by atoms with Crippen LogP contribution in [-0.4, -0.2) is 39.6 Å². The van der Waals surface area contributed by atoms with Crippen molar-refractivity contribution in [3.05, 3.63) is 181 Å². The summed E-state index contributed by atoms with van der Waals surface area (Å²) >= 11 is 0. The van der Waals surface area contributed by atoms with E-state index < -0.39 is 0 Å². The topological polar surface area (TPSA) is 130 Å². The smallest absolute Gasteiger partial charge is 0.126 e. The molecule has 75 heavy (non-hydrogen) atoms. The molecule has 0 unspecified atom stereocenters. The Morgan fingerprint density at radius 1 is 0.213 bits per heavy atom. The first-order chi connectivity index (χ1) is 36.9. The molecule has 12 nitrogen and oxygen atoms in total. The largest absolute Gasteiger partial charge is 0.494 e. The van der Waals surface area contributed by atoms with Crippen LogP contribution in [0.2, 0.25) is 0 Å². The summed E-state index contributed by atoms with van der Waals surface area (Å²) in [6.07, 6.45) is 11.5. The van der Waals surface area contributed by atoms with Gasteiger partial charge in [-0.05, 0) is 223 Å². The van der Waals surface area contributed by atoms with Crippen LogP contribution in [-0.2, 0) is 0 Å². The van der Waals surface area contributed by atoms with E-state index in [9.17, 15) is 13.2 Å². The van der Waals surface area contributed by atoms with Gasteiger partial charge in [0.25, 0.3) is 0 Å². The van der Waals surface area contributed by atoms with Crippen molar-refractivity contribution in [3.8, 4) is 34.5 Å². The lowest BCUT2D eigenvalue weighted by Crippen LogP contribution is -2.03. The fourth-order valence-electron chi connectivity index (χ4n) is 7.31. The van der Waals surface area contributed by atoms with Crippen LogP contribution in [0.25, 0.3) is 0 Å². The van der Waals surface area contributed by atoms with Gasteiger partial charge in [-0.15, -0.1) is 0 Å². The molecule has 0 aliphatic carbocycles. The Hall–Kier alpha value is -8.07. The Balaban J connectivity index is 0.778. The number of benzene rings is 7. The summed E-state index contributed by atoms with van der Waals surface area (Å²) in [4.78, 5) is 0. The quantitative estimate of drug-likeness (QED) is 0.0298. The minimum Gasteiger partial charge on any atom is -0.494 e. The first kappa shape index (κ1) is 54.7. The molecule has 0 fully saturated rings. The molecule has 7 aromatic carbocycles. The molecule has 390 valence electrons. The van der Waals surface area contributed by atoms with Gasteiger partial charge in [-0.25, -0.2) is 13.2 Å². The van der Waals surface area contributed by atoms with Crippen molar-refractivity contribution in [2.24, 2.45) is 30.7 Å². The Kier molecular flexibility index (Phi) is 23.0. The van der Waals surface area contributed by atoms with Crippen LogP contribution in [0.15, 0.2) is 194 Å². The van der Waals surface area contributed by atoms with Crippen LogP contribution in [0, 0.1) is 17.5 Å². The average molecular weight is 1020 g/mol. The van der Waals surface area contributed by atoms with Gasteiger partial charge < -0.3 is 28.4 Å². The van der Waals surface area contributed by atoms with Crippen LogP contribution < -0.4 is 28.4 Å². The highest BCUT2D eigenvalue weighted by Gasteiger charge is 2.07. The molecular formula is C60H63F3N6O6. The third-order valence-electron chi connectivity index (χ3n) is 11.4. The molecule has 0 amide bonds. The van der Waals surface area contributed by atoms with Gasteiger partial charge in [0.15, 0.2) is 0 Å². The van der Waals surface area contributed by atoms with Crippen molar-refractivity contribution < 1.29 is 41.6 Å². The molecule has 0 radical (unpaired) electrons. The molecule has 0 aliphatic rings. The molecule has 0 aliphatic heterocycles. The fourth-order valence-corrected chi connectivity index (χ4v) is 7.31. The molecule has 0 saturated carbocycles. The zero-order valence-corrected chi connectivity index (χ0v) is 42.1. The van der Waals surface area contributed by atoms with E-state index in [1.807, 2.05) is 91.0 Å². The first-order valence-electron chi connectivity index (χ1n) is 25.6. The number of halogens is 3. The average Bonchev–Trinajstić information content (AvgIpc) is 3.43. The van der Waals surface area contributed by atoms with E-state index in [1.54, 1.807) is 36.4 Å². The third kappa shape index (κ3) is 21.5. The van der Waals surface area contributed by atoms with E-state index in [2.05, 4.69) is 30.7 Å². The van der Waals surface area contributed by atoms with Crippen molar-refractivity contribution in [2.75, 3.05) is 39.6 Å². The van der Waals surface area contributed by atoms with Crippen LogP contribution in [0.3, 0.4) is 0 Å². The second-order valence-electron chi connectivity index (χ2n) is 17.5. The fraction of sp³-hybridized carbons (Fsp3) is 0.300. The summed E-state index contributed by atoms with van der Waals surface area (Å²) in [5.41, 5.74) is 3.80. The highest BCUT2D eigenvalue weighted by atomic mass is 19.1. The number of ether oxygens (including phenoxy) is 6. The minimum atomic E-state index is -0.310. The van der Waals surface area contributed by atoms with Crippen molar-refractivity contribution >= 4 is 34.1 Å². The van der Waals surface area contributed by atoms with Gasteiger partial charge in [-0.2, -0.15) is 30.7 Å². The molecule has 0 bridgehead atoms. The van der Waals surface area contributed by atoms with Gasteiger partial charge in [-0.3, -0.25) is 0 Å². The van der Waals surface area contributed by atoms with E-state index in [4.69, 9.17) is 28.4 Å². The Bertz CT molecular complexity index is 2480. The minimum absolute atomic E-state index is 0.310. The van der Waals surface area contributed by atoms with Gasteiger partial charge in [-0.1, -0.05) is 0 Å². The second kappa shape index (κ2) is 31.5. The zero-order chi connectivity index (χ0) is 52.0. The van der Waals surface area contributed by atoms with Gasteiger partial charge in [0.2, 0.25) is 0 Å². The van der Waals surface area contributed by atoms with E-state index in [0.717, 1.165) is 94.3 Å². The molecule has 0 atom stereocenters.